The predicted octanol–water partition coefficient (Wildman–Crippen LogP) is 3.93. The number of amidine groups is 1. The van der Waals surface area contributed by atoms with Crippen LogP contribution in [0.3, 0.4) is 0 Å². The smallest absolute Gasteiger partial charge is 0.262 e. The summed E-state index contributed by atoms with van der Waals surface area (Å²) < 4.78 is 27.5. The average molecular weight is 412 g/mol. The molecule has 0 aromatic heterocycles. The number of carbonyl (C=O) groups excluding carboxylic acids is 1. The molecule has 2 aromatic carbocycles. The minimum absolute atomic E-state index is 0.0816. The van der Waals surface area contributed by atoms with Crippen molar-refractivity contribution in [3.63, 3.8) is 0 Å². The number of amides is 1. The second-order valence-electron chi connectivity index (χ2n) is 7.21. The molecule has 0 spiro atoms. The van der Waals surface area contributed by atoms with E-state index >= 15 is 0 Å². The van der Waals surface area contributed by atoms with Crippen LogP contribution in [-0.2, 0) is 14.8 Å². The van der Waals surface area contributed by atoms with Gasteiger partial charge in [0.25, 0.3) is 10.0 Å². The van der Waals surface area contributed by atoms with E-state index in [1.165, 1.54) is 23.8 Å². The monoisotopic (exact) mass is 411 g/mol. The molecule has 1 aliphatic heterocycles. The van der Waals surface area contributed by atoms with Crippen LogP contribution in [0.1, 0.15) is 43.7 Å². The highest BCUT2D eigenvalue weighted by molar-refractivity contribution is 7.90. The molecule has 7 heteroatoms. The van der Waals surface area contributed by atoms with Crippen LogP contribution in [0, 0.1) is 0 Å². The van der Waals surface area contributed by atoms with Crippen molar-refractivity contribution in [2.75, 3.05) is 11.9 Å². The Bertz CT molecular complexity index is 1040. The van der Waals surface area contributed by atoms with Gasteiger partial charge in [0, 0.05) is 24.7 Å². The fraction of sp³-hybridized carbons (Fsp3) is 0.273. The Morgan fingerprint density at radius 2 is 1.90 bits per heavy atom. The minimum Gasteiger partial charge on any atom is -0.322 e. The highest BCUT2D eigenvalue weighted by Gasteiger charge is 2.18. The van der Waals surface area contributed by atoms with E-state index in [1.807, 2.05) is 24.3 Å². The molecule has 0 aliphatic carbocycles. The largest absolute Gasteiger partial charge is 0.322 e. The first-order valence-corrected chi connectivity index (χ1v) is 11.1. The summed E-state index contributed by atoms with van der Waals surface area (Å²) >= 11 is 0. The summed E-state index contributed by atoms with van der Waals surface area (Å²) in [5, 5.41) is 2.70. The van der Waals surface area contributed by atoms with Gasteiger partial charge in [0.05, 0.1) is 4.90 Å². The molecule has 3 rings (SSSR count). The quantitative estimate of drug-likeness (QED) is 0.706. The van der Waals surface area contributed by atoms with Crippen molar-refractivity contribution in [1.82, 2.24) is 4.72 Å². The SMILES string of the molecule is CC(C)c1ccc(/C=C/C(=O)Nc2cccc(S(=O)(=O)NC3=NCCC3)c2)cc1. The van der Waals surface area contributed by atoms with Gasteiger partial charge in [-0.15, -0.1) is 0 Å². The van der Waals surface area contributed by atoms with Gasteiger partial charge in [-0.25, -0.2) is 8.42 Å². The maximum atomic E-state index is 12.5. The van der Waals surface area contributed by atoms with Gasteiger partial charge in [0.15, 0.2) is 0 Å². The van der Waals surface area contributed by atoms with E-state index in [9.17, 15) is 13.2 Å². The van der Waals surface area contributed by atoms with Crippen LogP contribution >= 0.6 is 0 Å². The van der Waals surface area contributed by atoms with E-state index in [2.05, 4.69) is 28.9 Å². The van der Waals surface area contributed by atoms with E-state index < -0.39 is 10.0 Å². The lowest BCUT2D eigenvalue weighted by Gasteiger charge is -2.09. The number of anilines is 1. The van der Waals surface area contributed by atoms with Crippen molar-refractivity contribution in [3.8, 4) is 0 Å². The zero-order valence-electron chi connectivity index (χ0n) is 16.6. The van der Waals surface area contributed by atoms with E-state index in [-0.39, 0.29) is 10.8 Å². The molecule has 0 atom stereocenters. The molecule has 0 bridgehead atoms. The first kappa shape index (κ1) is 20.8. The number of nitrogens with one attached hydrogen (secondary N) is 2. The van der Waals surface area contributed by atoms with E-state index in [1.54, 1.807) is 18.2 Å². The molecule has 0 radical (unpaired) electrons. The molecule has 0 unspecified atom stereocenters. The van der Waals surface area contributed by atoms with Crippen LogP contribution in [0.15, 0.2) is 64.5 Å². The van der Waals surface area contributed by atoms with Crippen LogP contribution < -0.4 is 10.0 Å². The molecule has 2 aromatic rings. The Morgan fingerprint density at radius 3 is 2.55 bits per heavy atom. The summed E-state index contributed by atoms with van der Waals surface area (Å²) in [6.07, 6.45) is 4.62. The number of benzene rings is 2. The normalized spacial score (nSPS) is 14.2. The first-order chi connectivity index (χ1) is 13.8. The van der Waals surface area contributed by atoms with Gasteiger partial charge in [-0.05, 0) is 47.7 Å². The zero-order chi connectivity index (χ0) is 20.9. The van der Waals surface area contributed by atoms with Crippen molar-refractivity contribution >= 4 is 33.5 Å². The fourth-order valence-electron chi connectivity index (χ4n) is 2.93. The second-order valence-corrected chi connectivity index (χ2v) is 8.89. The van der Waals surface area contributed by atoms with Gasteiger partial charge >= 0.3 is 0 Å². The van der Waals surface area contributed by atoms with Gasteiger partial charge in [-0.1, -0.05) is 44.2 Å². The average Bonchev–Trinajstić information content (AvgIpc) is 3.19. The molecule has 29 heavy (non-hydrogen) atoms. The lowest BCUT2D eigenvalue weighted by atomic mass is 10.0. The van der Waals surface area contributed by atoms with E-state index in [4.69, 9.17) is 0 Å². The molecular weight excluding hydrogens is 386 g/mol. The maximum Gasteiger partial charge on any atom is 0.262 e. The molecule has 0 fully saturated rings. The first-order valence-electron chi connectivity index (χ1n) is 9.59. The number of hydrogen-bond acceptors (Lipinski definition) is 4. The third-order valence-corrected chi connectivity index (χ3v) is 5.95. The molecule has 6 nitrogen and oxygen atoms in total. The summed E-state index contributed by atoms with van der Waals surface area (Å²) in [5.74, 6) is 0.599. The number of hydrogen-bond donors (Lipinski definition) is 2. The molecule has 1 aliphatic rings. The molecular formula is C22H25N3O3S. The topological polar surface area (TPSA) is 87.6 Å². The van der Waals surface area contributed by atoms with Crippen LogP contribution in [-0.4, -0.2) is 26.7 Å². The number of nitrogens with zero attached hydrogens (tertiary/aromatic N) is 1. The molecule has 152 valence electrons. The minimum atomic E-state index is -3.72. The van der Waals surface area contributed by atoms with Gasteiger partial charge in [-0.3, -0.25) is 14.5 Å². The summed E-state index contributed by atoms with van der Waals surface area (Å²) in [5.41, 5.74) is 2.57. The fourth-order valence-corrected chi connectivity index (χ4v) is 4.06. The molecule has 0 saturated heterocycles. The highest BCUT2D eigenvalue weighted by Crippen LogP contribution is 2.17. The van der Waals surface area contributed by atoms with Crippen molar-refractivity contribution in [1.29, 1.82) is 0 Å². The lowest BCUT2D eigenvalue weighted by Crippen LogP contribution is -2.29. The number of rotatable bonds is 6. The van der Waals surface area contributed by atoms with Crippen LogP contribution in [0.25, 0.3) is 6.08 Å². The van der Waals surface area contributed by atoms with Crippen LogP contribution in [0.4, 0.5) is 5.69 Å². The van der Waals surface area contributed by atoms with Crippen LogP contribution in [0.2, 0.25) is 0 Å². The second kappa shape index (κ2) is 9.05. The standard InChI is InChI=1S/C22H25N3O3S/c1-16(2)18-11-8-17(9-12-18)10-13-22(26)24-19-5-3-6-20(15-19)29(27,28)25-21-7-4-14-23-21/h3,5-6,8-13,15-16H,4,7,14H2,1-2H3,(H,23,25)(H,24,26)/b13-10+. The van der Waals surface area contributed by atoms with Crippen molar-refractivity contribution in [2.45, 2.75) is 37.5 Å². The van der Waals surface area contributed by atoms with Gasteiger partial charge in [0.1, 0.15) is 5.84 Å². The zero-order valence-corrected chi connectivity index (χ0v) is 17.4. The molecule has 1 heterocycles. The van der Waals surface area contributed by atoms with Crippen molar-refractivity contribution < 1.29 is 13.2 Å². The molecule has 0 saturated carbocycles. The third-order valence-electron chi connectivity index (χ3n) is 4.57. The third kappa shape index (κ3) is 5.77. The summed E-state index contributed by atoms with van der Waals surface area (Å²) in [6.45, 7) is 4.90. The van der Waals surface area contributed by atoms with Gasteiger partial charge in [0.2, 0.25) is 5.91 Å². The van der Waals surface area contributed by atoms with Crippen molar-refractivity contribution in [3.05, 3.63) is 65.7 Å². The maximum absolute atomic E-state index is 12.5. The lowest BCUT2D eigenvalue weighted by molar-refractivity contribution is -0.111. The highest BCUT2D eigenvalue weighted by atomic mass is 32.2. The summed E-state index contributed by atoms with van der Waals surface area (Å²) in [7, 11) is -3.72. The number of carbonyl (C=O) groups is 1. The predicted molar refractivity (Wildman–Crippen MR) is 116 cm³/mol. The Hall–Kier alpha value is -2.93. The van der Waals surface area contributed by atoms with Gasteiger partial charge < -0.3 is 5.32 Å². The molecule has 2 N–H and O–H groups in total. The number of aliphatic imine (C=N–C) groups is 1. The summed E-state index contributed by atoms with van der Waals surface area (Å²) in [6, 6.07) is 14.2. The Labute approximate surface area is 171 Å². The van der Waals surface area contributed by atoms with E-state index in [0.29, 0.717) is 30.4 Å². The van der Waals surface area contributed by atoms with E-state index in [0.717, 1.165) is 12.0 Å². The number of sulfonamides is 1. The van der Waals surface area contributed by atoms with Crippen molar-refractivity contribution in [2.24, 2.45) is 4.99 Å². The van der Waals surface area contributed by atoms with Crippen LogP contribution in [0.5, 0.6) is 0 Å². The molecule has 1 amide bonds. The van der Waals surface area contributed by atoms with Gasteiger partial charge in [-0.2, -0.15) is 0 Å². The Balaban J connectivity index is 1.65. The summed E-state index contributed by atoms with van der Waals surface area (Å²) in [4.78, 5) is 16.4. The Kier molecular flexibility index (Phi) is 6.49. The Morgan fingerprint density at radius 1 is 1.14 bits per heavy atom.